The third-order valence-corrected chi connectivity index (χ3v) is 4.63. The average Bonchev–Trinajstić information content (AvgIpc) is 3.01. The highest BCUT2D eigenvalue weighted by Crippen LogP contribution is 2.38. The lowest BCUT2D eigenvalue weighted by Gasteiger charge is -2.09. The molecular formula is C22H17ClN2. The maximum absolute atomic E-state index is 6.50. The SMILES string of the molecule is Cn1c(-c2ccccc2)nc(-c2ccccc2)c1-c1ccccc1Cl. The fourth-order valence-electron chi connectivity index (χ4n) is 3.10. The van der Waals surface area contributed by atoms with Crippen LogP contribution < -0.4 is 0 Å². The van der Waals surface area contributed by atoms with Crippen molar-refractivity contribution in [1.82, 2.24) is 9.55 Å². The Labute approximate surface area is 152 Å². The molecule has 0 aliphatic rings. The molecule has 2 nitrogen and oxygen atoms in total. The average molecular weight is 345 g/mol. The van der Waals surface area contributed by atoms with Crippen molar-refractivity contribution in [3.8, 4) is 33.9 Å². The van der Waals surface area contributed by atoms with E-state index in [0.29, 0.717) is 0 Å². The van der Waals surface area contributed by atoms with Gasteiger partial charge in [-0.1, -0.05) is 90.5 Å². The smallest absolute Gasteiger partial charge is 0.140 e. The van der Waals surface area contributed by atoms with Crippen LogP contribution in [0.3, 0.4) is 0 Å². The number of hydrogen-bond donors (Lipinski definition) is 0. The van der Waals surface area contributed by atoms with Gasteiger partial charge in [0.2, 0.25) is 0 Å². The molecule has 1 heterocycles. The van der Waals surface area contributed by atoms with Crippen LogP contribution in [0.5, 0.6) is 0 Å². The Morgan fingerprint density at radius 1 is 0.720 bits per heavy atom. The van der Waals surface area contributed by atoms with Gasteiger partial charge in [-0.2, -0.15) is 0 Å². The summed E-state index contributed by atoms with van der Waals surface area (Å²) in [6.07, 6.45) is 0. The van der Waals surface area contributed by atoms with E-state index < -0.39 is 0 Å². The molecule has 0 radical (unpaired) electrons. The summed E-state index contributed by atoms with van der Waals surface area (Å²) in [5, 5.41) is 0.724. The van der Waals surface area contributed by atoms with Crippen LogP contribution in [0.4, 0.5) is 0 Å². The highest BCUT2D eigenvalue weighted by atomic mass is 35.5. The first-order valence-electron chi connectivity index (χ1n) is 8.18. The van der Waals surface area contributed by atoms with Crippen LogP contribution in [0.2, 0.25) is 5.02 Å². The minimum Gasteiger partial charge on any atom is -0.327 e. The lowest BCUT2D eigenvalue weighted by molar-refractivity contribution is 0.933. The van der Waals surface area contributed by atoms with E-state index in [0.717, 1.165) is 38.9 Å². The molecule has 0 aliphatic carbocycles. The van der Waals surface area contributed by atoms with Crippen LogP contribution in [-0.4, -0.2) is 9.55 Å². The lowest BCUT2D eigenvalue weighted by atomic mass is 10.0. The van der Waals surface area contributed by atoms with E-state index in [4.69, 9.17) is 16.6 Å². The molecule has 0 N–H and O–H groups in total. The maximum Gasteiger partial charge on any atom is 0.140 e. The molecule has 1 aromatic heterocycles. The molecule has 0 aliphatic heterocycles. The number of benzene rings is 3. The standard InChI is InChI=1S/C22H17ClN2/c1-25-21(18-14-8-9-15-19(18)23)20(16-10-4-2-5-11-16)24-22(25)17-12-6-3-7-13-17/h2-15H,1H3. The predicted octanol–water partition coefficient (Wildman–Crippen LogP) is 6.07. The maximum atomic E-state index is 6.50. The van der Waals surface area contributed by atoms with E-state index in [-0.39, 0.29) is 0 Å². The van der Waals surface area contributed by atoms with E-state index >= 15 is 0 Å². The summed E-state index contributed by atoms with van der Waals surface area (Å²) in [5.41, 5.74) is 5.11. The summed E-state index contributed by atoms with van der Waals surface area (Å²) in [5.74, 6) is 0.925. The number of imidazole rings is 1. The first kappa shape index (κ1) is 15.7. The van der Waals surface area contributed by atoms with Gasteiger partial charge in [0.05, 0.1) is 11.4 Å². The molecule has 0 amide bonds. The van der Waals surface area contributed by atoms with Crippen molar-refractivity contribution in [2.45, 2.75) is 0 Å². The summed E-state index contributed by atoms with van der Waals surface area (Å²) in [6.45, 7) is 0. The van der Waals surface area contributed by atoms with Gasteiger partial charge in [0, 0.05) is 28.8 Å². The van der Waals surface area contributed by atoms with Gasteiger partial charge < -0.3 is 4.57 Å². The van der Waals surface area contributed by atoms with Gasteiger partial charge in [0.25, 0.3) is 0 Å². The number of hydrogen-bond acceptors (Lipinski definition) is 1. The van der Waals surface area contributed by atoms with Crippen molar-refractivity contribution < 1.29 is 0 Å². The van der Waals surface area contributed by atoms with Crippen molar-refractivity contribution in [3.05, 3.63) is 90.0 Å². The second-order valence-electron chi connectivity index (χ2n) is 5.90. The fraction of sp³-hybridized carbons (Fsp3) is 0.0455. The van der Waals surface area contributed by atoms with Crippen molar-refractivity contribution in [1.29, 1.82) is 0 Å². The highest BCUT2D eigenvalue weighted by Gasteiger charge is 2.20. The van der Waals surface area contributed by atoms with Crippen molar-refractivity contribution in [3.63, 3.8) is 0 Å². The van der Waals surface area contributed by atoms with E-state index in [1.165, 1.54) is 0 Å². The molecule has 0 spiro atoms. The van der Waals surface area contributed by atoms with Gasteiger partial charge in [0.1, 0.15) is 5.82 Å². The molecular weight excluding hydrogens is 328 g/mol. The molecule has 0 saturated carbocycles. The minimum atomic E-state index is 0.724. The zero-order valence-corrected chi connectivity index (χ0v) is 14.6. The molecule has 122 valence electrons. The van der Waals surface area contributed by atoms with Crippen LogP contribution in [0, 0.1) is 0 Å². The minimum absolute atomic E-state index is 0.724. The summed E-state index contributed by atoms with van der Waals surface area (Å²) < 4.78 is 2.12. The summed E-state index contributed by atoms with van der Waals surface area (Å²) in [7, 11) is 2.04. The van der Waals surface area contributed by atoms with Gasteiger partial charge >= 0.3 is 0 Å². The van der Waals surface area contributed by atoms with Crippen LogP contribution >= 0.6 is 11.6 Å². The normalized spacial score (nSPS) is 10.8. The fourth-order valence-corrected chi connectivity index (χ4v) is 3.33. The first-order chi connectivity index (χ1) is 12.3. The molecule has 0 unspecified atom stereocenters. The lowest BCUT2D eigenvalue weighted by Crippen LogP contribution is -1.96. The van der Waals surface area contributed by atoms with Crippen molar-refractivity contribution in [2.24, 2.45) is 7.05 Å². The van der Waals surface area contributed by atoms with Crippen molar-refractivity contribution >= 4 is 11.6 Å². The molecule has 0 bridgehead atoms. The number of nitrogens with zero attached hydrogens (tertiary/aromatic N) is 2. The first-order valence-corrected chi connectivity index (χ1v) is 8.56. The van der Waals surface area contributed by atoms with Crippen LogP contribution in [0.25, 0.3) is 33.9 Å². The Bertz CT molecular complexity index is 1000. The van der Waals surface area contributed by atoms with E-state index in [2.05, 4.69) is 28.8 Å². The van der Waals surface area contributed by atoms with Crippen LogP contribution in [0.1, 0.15) is 0 Å². The monoisotopic (exact) mass is 344 g/mol. The molecule has 0 saturated heterocycles. The number of aromatic nitrogens is 2. The van der Waals surface area contributed by atoms with Gasteiger partial charge in [-0.05, 0) is 6.07 Å². The van der Waals surface area contributed by atoms with Gasteiger partial charge in [0.15, 0.2) is 0 Å². The Morgan fingerprint density at radius 2 is 1.28 bits per heavy atom. The zero-order valence-electron chi connectivity index (χ0n) is 13.9. The molecule has 3 heteroatoms. The van der Waals surface area contributed by atoms with Gasteiger partial charge in [-0.25, -0.2) is 4.98 Å². The quantitative estimate of drug-likeness (QED) is 0.440. The highest BCUT2D eigenvalue weighted by molar-refractivity contribution is 6.33. The molecule has 4 aromatic rings. The second-order valence-corrected chi connectivity index (χ2v) is 6.31. The Balaban J connectivity index is 2.02. The summed E-state index contributed by atoms with van der Waals surface area (Å²) >= 11 is 6.50. The van der Waals surface area contributed by atoms with Crippen LogP contribution in [0.15, 0.2) is 84.9 Å². The van der Waals surface area contributed by atoms with E-state index in [1.54, 1.807) is 0 Å². The molecule has 25 heavy (non-hydrogen) atoms. The third-order valence-electron chi connectivity index (χ3n) is 4.30. The second kappa shape index (κ2) is 6.58. The molecule has 4 rings (SSSR count). The van der Waals surface area contributed by atoms with E-state index in [9.17, 15) is 0 Å². The Hall–Kier alpha value is -2.84. The zero-order chi connectivity index (χ0) is 17.2. The third kappa shape index (κ3) is 2.86. The summed E-state index contributed by atoms with van der Waals surface area (Å²) in [6, 6.07) is 28.4. The molecule has 0 fully saturated rings. The van der Waals surface area contributed by atoms with Crippen LogP contribution in [-0.2, 0) is 7.05 Å². The largest absolute Gasteiger partial charge is 0.327 e. The summed E-state index contributed by atoms with van der Waals surface area (Å²) in [4.78, 5) is 4.97. The topological polar surface area (TPSA) is 17.8 Å². The Morgan fingerprint density at radius 3 is 1.92 bits per heavy atom. The molecule has 0 atom stereocenters. The van der Waals surface area contributed by atoms with Gasteiger partial charge in [-0.3, -0.25) is 0 Å². The van der Waals surface area contributed by atoms with E-state index in [1.807, 2.05) is 67.7 Å². The van der Waals surface area contributed by atoms with Crippen molar-refractivity contribution in [2.75, 3.05) is 0 Å². The predicted molar refractivity (Wildman–Crippen MR) is 105 cm³/mol. The number of halogens is 1. The molecule has 3 aromatic carbocycles. The Kier molecular flexibility index (Phi) is 4.12. The van der Waals surface area contributed by atoms with Gasteiger partial charge in [-0.15, -0.1) is 0 Å². The number of rotatable bonds is 3.